The molecule has 0 spiro atoms. The maximum Gasteiger partial charge on any atom is 0.219 e. The number of piperidine rings is 1. The summed E-state index contributed by atoms with van der Waals surface area (Å²) in [5, 5.41) is 2.86. The summed E-state index contributed by atoms with van der Waals surface area (Å²) in [6.07, 6.45) is 5.38. The lowest BCUT2D eigenvalue weighted by molar-refractivity contribution is -0.120. The highest BCUT2D eigenvalue weighted by Crippen LogP contribution is 2.17. The van der Waals surface area contributed by atoms with E-state index in [-0.39, 0.29) is 5.91 Å². The van der Waals surface area contributed by atoms with E-state index in [0.29, 0.717) is 19.6 Å². The Balaban J connectivity index is 1.70. The molecule has 0 bridgehead atoms. The van der Waals surface area contributed by atoms with Crippen molar-refractivity contribution in [3.05, 3.63) is 29.8 Å². The first-order valence-electron chi connectivity index (χ1n) is 8.48. The molecule has 0 aliphatic carbocycles. The standard InChI is InChI=1S/C18H28N2O2/c1-2-18(21)19-10-7-13-22-17-9-6-8-16(14-17)15-20-11-4-3-5-12-20/h6,8-9,14H,2-5,7,10-13,15H2,1H3,(H,19,21). The molecular formula is C18H28N2O2. The summed E-state index contributed by atoms with van der Waals surface area (Å²) in [5.41, 5.74) is 1.32. The van der Waals surface area contributed by atoms with Crippen molar-refractivity contribution >= 4 is 5.91 Å². The Labute approximate surface area is 133 Å². The van der Waals surface area contributed by atoms with E-state index in [1.54, 1.807) is 0 Å². The van der Waals surface area contributed by atoms with Crippen molar-refractivity contribution in [2.24, 2.45) is 0 Å². The third kappa shape index (κ3) is 6.06. The summed E-state index contributed by atoms with van der Waals surface area (Å²) >= 11 is 0. The molecule has 0 saturated carbocycles. The van der Waals surface area contributed by atoms with Crippen molar-refractivity contribution in [2.75, 3.05) is 26.2 Å². The molecule has 4 nitrogen and oxygen atoms in total. The highest BCUT2D eigenvalue weighted by molar-refractivity contribution is 5.75. The van der Waals surface area contributed by atoms with Gasteiger partial charge in [0.15, 0.2) is 0 Å². The van der Waals surface area contributed by atoms with E-state index in [2.05, 4.69) is 28.4 Å². The van der Waals surface area contributed by atoms with E-state index in [1.807, 2.05) is 13.0 Å². The van der Waals surface area contributed by atoms with E-state index in [9.17, 15) is 4.79 Å². The average Bonchev–Trinajstić information content (AvgIpc) is 2.55. The number of amides is 1. The van der Waals surface area contributed by atoms with Crippen LogP contribution >= 0.6 is 0 Å². The summed E-state index contributed by atoms with van der Waals surface area (Å²) in [4.78, 5) is 13.6. The number of benzene rings is 1. The molecule has 2 rings (SSSR count). The van der Waals surface area contributed by atoms with Gasteiger partial charge in [-0.3, -0.25) is 9.69 Å². The minimum atomic E-state index is 0.100. The van der Waals surface area contributed by atoms with E-state index in [1.165, 1.54) is 37.9 Å². The fourth-order valence-electron chi connectivity index (χ4n) is 2.72. The lowest BCUT2D eigenvalue weighted by Gasteiger charge is -2.26. The zero-order chi connectivity index (χ0) is 15.6. The van der Waals surface area contributed by atoms with Crippen molar-refractivity contribution in [1.29, 1.82) is 0 Å². The predicted octanol–water partition coefficient (Wildman–Crippen LogP) is 2.97. The molecule has 1 aromatic rings. The highest BCUT2D eigenvalue weighted by atomic mass is 16.5. The molecule has 1 aliphatic heterocycles. The van der Waals surface area contributed by atoms with Crippen LogP contribution in [0.4, 0.5) is 0 Å². The molecule has 1 aliphatic rings. The van der Waals surface area contributed by atoms with Crippen LogP contribution in [0.2, 0.25) is 0 Å². The van der Waals surface area contributed by atoms with Gasteiger partial charge in [-0.15, -0.1) is 0 Å². The maximum absolute atomic E-state index is 11.1. The first-order chi connectivity index (χ1) is 10.8. The number of carbonyl (C=O) groups is 1. The Hall–Kier alpha value is -1.55. The molecule has 1 amide bonds. The van der Waals surface area contributed by atoms with Gasteiger partial charge in [-0.05, 0) is 50.0 Å². The zero-order valence-electron chi connectivity index (χ0n) is 13.6. The van der Waals surface area contributed by atoms with E-state index in [4.69, 9.17) is 4.74 Å². The van der Waals surface area contributed by atoms with Gasteiger partial charge >= 0.3 is 0 Å². The first kappa shape index (κ1) is 16.8. The normalized spacial score (nSPS) is 15.5. The van der Waals surface area contributed by atoms with Crippen LogP contribution in [-0.4, -0.2) is 37.0 Å². The van der Waals surface area contributed by atoms with Crippen LogP contribution in [-0.2, 0) is 11.3 Å². The fourth-order valence-corrected chi connectivity index (χ4v) is 2.72. The average molecular weight is 304 g/mol. The van der Waals surface area contributed by atoms with Crippen molar-refractivity contribution < 1.29 is 9.53 Å². The topological polar surface area (TPSA) is 41.6 Å². The summed E-state index contributed by atoms with van der Waals surface area (Å²) in [5.74, 6) is 1.03. The van der Waals surface area contributed by atoms with E-state index in [0.717, 1.165) is 18.7 Å². The van der Waals surface area contributed by atoms with Gasteiger partial charge in [0.1, 0.15) is 5.75 Å². The number of ether oxygens (including phenoxy) is 1. The molecule has 4 heteroatoms. The van der Waals surface area contributed by atoms with Gasteiger partial charge in [0.25, 0.3) is 0 Å². The Bertz CT molecular complexity index is 456. The van der Waals surface area contributed by atoms with Crippen molar-refractivity contribution in [3.8, 4) is 5.75 Å². The lowest BCUT2D eigenvalue weighted by atomic mass is 10.1. The second kappa shape index (κ2) is 9.46. The van der Waals surface area contributed by atoms with Gasteiger partial charge in [-0.2, -0.15) is 0 Å². The molecule has 22 heavy (non-hydrogen) atoms. The molecular weight excluding hydrogens is 276 g/mol. The molecule has 1 aromatic carbocycles. The van der Waals surface area contributed by atoms with Crippen LogP contribution in [0.3, 0.4) is 0 Å². The fraction of sp³-hybridized carbons (Fsp3) is 0.611. The number of carbonyl (C=O) groups excluding carboxylic acids is 1. The van der Waals surface area contributed by atoms with Crippen LogP contribution in [0.15, 0.2) is 24.3 Å². The molecule has 0 aromatic heterocycles. The van der Waals surface area contributed by atoms with E-state index >= 15 is 0 Å². The predicted molar refractivity (Wildman–Crippen MR) is 89.0 cm³/mol. The second-order valence-corrected chi connectivity index (χ2v) is 5.89. The largest absolute Gasteiger partial charge is 0.494 e. The first-order valence-corrected chi connectivity index (χ1v) is 8.48. The zero-order valence-corrected chi connectivity index (χ0v) is 13.6. The van der Waals surface area contributed by atoms with Crippen LogP contribution in [0, 0.1) is 0 Å². The van der Waals surface area contributed by atoms with Crippen molar-refractivity contribution in [3.63, 3.8) is 0 Å². The SMILES string of the molecule is CCC(=O)NCCCOc1cccc(CN2CCCCC2)c1. The third-order valence-corrected chi connectivity index (χ3v) is 3.99. The molecule has 0 atom stereocenters. The molecule has 0 radical (unpaired) electrons. The monoisotopic (exact) mass is 304 g/mol. The maximum atomic E-state index is 11.1. The second-order valence-electron chi connectivity index (χ2n) is 5.89. The van der Waals surface area contributed by atoms with Crippen LogP contribution in [0.25, 0.3) is 0 Å². The van der Waals surface area contributed by atoms with Crippen LogP contribution in [0.5, 0.6) is 5.75 Å². The minimum absolute atomic E-state index is 0.100. The van der Waals surface area contributed by atoms with Crippen molar-refractivity contribution in [1.82, 2.24) is 10.2 Å². The number of rotatable bonds is 8. The quantitative estimate of drug-likeness (QED) is 0.751. The summed E-state index contributed by atoms with van der Waals surface area (Å²) < 4.78 is 5.78. The molecule has 1 heterocycles. The Kier molecular flexibility index (Phi) is 7.23. The van der Waals surface area contributed by atoms with Gasteiger partial charge in [0, 0.05) is 19.5 Å². The van der Waals surface area contributed by atoms with Gasteiger partial charge in [-0.25, -0.2) is 0 Å². The Morgan fingerprint density at radius 2 is 2.09 bits per heavy atom. The molecule has 0 unspecified atom stereocenters. The van der Waals surface area contributed by atoms with Gasteiger partial charge in [-0.1, -0.05) is 25.5 Å². The molecule has 1 fully saturated rings. The smallest absolute Gasteiger partial charge is 0.219 e. The van der Waals surface area contributed by atoms with Crippen molar-refractivity contribution in [2.45, 2.75) is 45.6 Å². The van der Waals surface area contributed by atoms with Gasteiger partial charge < -0.3 is 10.1 Å². The molecule has 1 N–H and O–H groups in total. The highest BCUT2D eigenvalue weighted by Gasteiger charge is 2.10. The van der Waals surface area contributed by atoms with E-state index < -0.39 is 0 Å². The Morgan fingerprint density at radius 3 is 2.86 bits per heavy atom. The number of nitrogens with one attached hydrogen (secondary N) is 1. The minimum Gasteiger partial charge on any atom is -0.494 e. The number of nitrogens with zero attached hydrogens (tertiary/aromatic N) is 1. The summed E-state index contributed by atoms with van der Waals surface area (Å²) in [7, 11) is 0. The lowest BCUT2D eigenvalue weighted by Crippen LogP contribution is -2.29. The van der Waals surface area contributed by atoms with Gasteiger partial charge in [0.2, 0.25) is 5.91 Å². The molecule has 1 saturated heterocycles. The third-order valence-electron chi connectivity index (χ3n) is 3.99. The van der Waals surface area contributed by atoms with Crippen LogP contribution < -0.4 is 10.1 Å². The van der Waals surface area contributed by atoms with Crippen LogP contribution in [0.1, 0.15) is 44.6 Å². The number of hydrogen-bond donors (Lipinski definition) is 1. The Morgan fingerprint density at radius 1 is 1.27 bits per heavy atom. The molecule has 122 valence electrons. The number of hydrogen-bond acceptors (Lipinski definition) is 3. The van der Waals surface area contributed by atoms with Gasteiger partial charge in [0.05, 0.1) is 6.61 Å². The summed E-state index contributed by atoms with van der Waals surface area (Å²) in [6, 6.07) is 8.37. The number of likely N-dealkylation sites (tertiary alicyclic amines) is 1. The summed E-state index contributed by atoms with van der Waals surface area (Å²) in [6.45, 7) is 6.62.